The molecule has 0 aliphatic rings. The van der Waals surface area contributed by atoms with Gasteiger partial charge in [0, 0.05) is 11.1 Å². The number of anilines is 1. The minimum Gasteiger partial charge on any atom is -0.399 e. The van der Waals surface area contributed by atoms with Gasteiger partial charge in [-0.2, -0.15) is 5.10 Å². The number of hydrogen-bond donors (Lipinski definition) is 1. The third kappa shape index (κ3) is 1.82. The van der Waals surface area contributed by atoms with E-state index in [0.717, 1.165) is 33.4 Å². The van der Waals surface area contributed by atoms with E-state index in [1.807, 2.05) is 55.6 Å². The quantitative estimate of drug-likeness (QED) is 0.542. The van der Waals surface area contributed by atoms with Gasteiger partial charge in [0.05, 0.1) is 28.4 Å². The molecule has 2 N–H and O–H groups in total. The Hall–Kier alpha value is -2.95. The van der Waals surface area contributed by atoms with Gasteiger partial charge in [-0.05, 0) is 37.3 Å². The van der Waals surface area contributed by atoms with Crippen molar-refractivity contribution >= 4 is 27.6 Å². The van der Waals surface area contributed by atoms with Crippen molar-refractivity contribution in [3.05, 3.63) is 54.4 Å². The molecule has 102 valence electrons. The summed E-state index contributed by atoms with van der Waals surface area (Å²) < 4.78 is 1.79. The lowest BCUT2D eigenvalue weighted by Crippen LogP contribution is -2.04. The number of aromatic nitrogens is 4. The minimum atomic E-state index is 0.704. The molecule has 0 aliphatic heterocycles. The monoisotopic (exact) mass is 275 g/mol. The predicted octanol–water partition coefficient (Wildman–Crippen LogP) is 2.86. The van der Waals surface area contributed by atoms with Crippen molar-refractivity contribution in [3.8, 4) is 5.82 Å². The van der Waals surface area contributed by atoms with Crippen LogP contribution in [0.3, 0.4) is 0 Å². The molecule has 0 unspecified atom stereocenters. The maximum Gasteiger partial charge on any atom is 0.176 e. The summed E-state index contributed by atoms with van der Waals surface area (Å²) in [5, 5.41) is 5.46. The van der Waals surface area contributed by atoms with Crippen molar-refractivity contribution in [1.29, 1.82) is 0 Å². The molecule has 5 nitrogen and oxygen atoms in total. The van der Waals surface area contributed by atoms with E-state index in [-0.39, 0.29) is 0 Å². The van der Waals surface area contributed by atoms with E-state index in [1.54, 1.807) is 4.68 Å². The molecule has 0 saturated carbocycles. The maximum absolute atomic E-state index is 5.88. The molecule has 2 heterocycles. The lowest BCUT2D eigenvalue weighted by Gasteiger charge is -2.08. The van der Waals surface area contributed by atoms with Gasteiger partial charge < -0.3 is 5.73 Å². The Balaban J connectivity index is 2.03. The first kappa shape index (κ1) is 11.8. The van der Waals surface area contributed by atoms with Crippen LogP contribution in [0, 0.1) is 6.92 Å². The number of nitrogens with zero attached hydrogens (tertiary/aromatic N) is 4. The van der Waals surface area contributed by atoms with Crippen LogP contribution in [0.4, 0.5) is 5.69 Å². The average Bonchev–Trinajstić information content (AvgIpc) is 2.89. The van der Waals surface area contributed by atoms with Crippen LogP contribution in [0.15, 0.2) is 48.7 Å². The summed E-state index contributed by atoms with van der Waals surface area (Å²) in [5.41, 5.74) is 10.1. The molecule has 0 radical (unpaired) electrons. The number of nitrogen functional groups attached to an aromatic ring is 1. The number of fused-ring (bicyclic) bond motifs is 2. The molecule has 0 saturated heterocycles. The molecule has 0 atom stereocenters. The Labute approximate surface area is 121 Å². The molecule has 5 heteroatoms. The van der Waals surface area contributed by atoms with Crippen LogP contribution in [0.2, 0.25) is 0 Å². The van der Waals surface area contributed by atoms with Crippen LogP contribution >= 0.6 is 0 Å². The van der Waals surface area contributed by atoms with Gasteiger partial charge in [0.25, 0.3) is 0 Å². The van der Waals surface area contributed by atoms with Crippen molar-refractivity contribution in [2.75, 3.05) is 5.73 Å². The molecule has 2 aromatic heterocycles. The SMILES string of the molecule is Cc1nc2ccccc2nc1-n1ncc2ccc(N)cc21. The van der Waals surface area contributed by atoms with Crippen molar-refractivity contribution in [1.82, 2.24) is 19.7 Å². The van der Waals surface area contributed by atoms with Crippen LogP contribution in [0.5, 0.6) is 0 Å². The first-order valence-corrected chi connectivity index (χ1v) is 6.69. The molecule has 0 aliphatic carbocycles. The molecule has 0 fully saturated rings. The molecule has 4 rings (SSSR count). The number of hydrogen-bond acceptors (Lipinski definition) is 4. The number of rotatable bonds is 1. The van der Waals surface area contributed by atoms with E-state index in [0.29, 0.717) is 5.69 Å². The second kappa shape index (κ2) is 4.28. The number of aryl methyl sites for hydroxylation is 1. The van der Waals surface area contributed by atoms with Crippen LogP contribution in [-0.4, -0.2) is 19.7 Å². The van der Waals surface area contributed by atoms with Gasteiger partial charge >= 0.3 is 0 Å². The summed E-state index contributed by atoms with van der Waals surface area (Å²) in [5.74, 6) is 0.731. The van der Waals surface area contributed by atoms with Crippen LogP contribution in [0.25, 0.3) is 27.8 Å². The van der Waals surface area contributed by atoms with E-state index in [1.165, 1.54) is 0 Å². The van der Waals surface area contributed by atoms with Gasteiger partial charge in [-0.1, -0.05) is 12.1 Å². The van der Waals surface area contributed by atoms with Crippen molar-refractivity contribution in [2.45, 2.75) is 6.92 Å². The first-order chi connectivity index (χ1) is 10.2. The number of nitrogens with two attached hydrogens (primary N) is 1. The number of para-hydroxylation sites is 2. The Morgan fingerprint density at radius 3 is 2.57 bits per heavy atom. The average molecular weight is 275 g/mol. The zero-order valence-electron chi connectivity index (χ0n) is 11.5. The van der Waals surface area contributed by atoms with Crippen LogP contribution in [-0.2, 0) is 0 Å². The van der Waals surface area contributed by atoms with E-state index in [9.17, 15) is 0 Å². The van der Waals surface area contributed by atoms with Gasteiger partial charge in [-0.25, -0.2) is 14.6 Å². The van der Waals surface area contributed by atoms with Crippen molar-refractivity contribution in [2.24, 2.45) is 0 Å². The van der Waals surface area contributed by atoms with Gasteiger partial charge in [0.1, 0.15) is 0 Å². The van der Waals surface area contributed by atoms with Gasteiger partial charge in [-0.3, -0.25) is 0 Å². The van der Waals surface area contributed by atoms with E-state index in [2.05, 4.69) is 10.1 Å². The molecule has 2 aromatic carbocycles. The zero-order chi connectivity index (χ0) is 14.4. The van der Waals surface area contributed by atoms with Gasteiger partial charge in [0.15, 0.2) is 5.82 Å². The summed E-state index contributed by atoms with van der Waals surface area (Å²) in [6.45, 7) is 1.94. The highest BCUT2D eigenvalue weighted by molar-refractivity contribution is 5.84. The molecule has 0 amide bonds. The predicted molar refractivity (Wildman–Crippen MR) is 83.3 cm³/mol. The van der Waals surface area contributed by atoms with Crippen LogP contribution < -0.4 is 5.73 Å². The lowest BCUT2D eigenvalue weighted by molar-refractivity contribution is 0.860. The second-order valence-corrected chi connectivity index (χ2v) is 5.00. The first-order valence-electron chi connectivity index (χ1n) is 6.69. The Morgan fingerprint density at radius 1 is 1.00 bits per heavy atom. The highest BCUT2D eigenvalue weighted by Crippen LogP contribution is 2.22. The maximum atomic E-state index is 5.88. The normalized spacial score (nSPS) is 11.3. The van der Waals surface area contributed by atoms with Crippen LogP contribution in [0.1, 0.15) is 5.69 Å². The molecule has 0 spiro atoms. The largest absolute Gasteiger partial charge is 0.399 e. The summed E-state index contributed by atoms with van der Waals surface area (Å²) in [6, 6.07) is 13.5. The third-order valence-corrected chi connectivity index (χ3v) is 3.52. The Bertz CT molecular complexity index is 971. The molecule has 4 aromatic rings. The van der Waals surface area contributed by atoms with Gasteiger partial charge in [0.2, 0.25) is 0 Å². The molecular formula is C16H13N5. The smallest absolute Gasteiger partial charge is 0.176 e. The fraction of sp³-hybridized carbons (Fsp3) is 0.0625. The van der Waals surface area contributed by atoms with Crippen molar-refractivity contribution in [3.63, 3.8) is 0 Å². The minimum absolute atomic E-state index is 0.704. The highest BCUT2D eigenvalue weighted by atomic mass is 15.3. The van der Waals surface area contributed by atoms with Crippen molar-refractivity contribution < 1.29 is 0 Å². The zero-order valence-corrected chi connectivity index (χ0v) is 11.5. The lowest BCUT2D eigenvalue weighted by atomic mass is 10.2. The summed E-state index contributed by atoms with van der Waals surface area (Å²) in [4.78, 5) is 9.30. The van der Waals surface area contributed by atoms with E-state index >= 15 is 0 Å². The fourth-order valence-corrected chi connectivity index (χ4v) is 2.48. The highest BCUT2D eigenvalue weighted by Gasteiger charge is 2.11. The summed E-state index contributed by atoms with van der Waals surface area (Å²) in [6.07, 6.45) is 1.81. The standard InChI is InChI=1S/C16H13N5/c1-10-16(20-14-5-3-2-4-13(14)19-10)21-15-8-12(17)7-6-11(15)9-18-21/h2-9H,17H2,1H3. The number of benzene rings is 2. The topological polar surface area (TPSA) is 69.6 Å². The second-order valence-electron chi connectivity index (χ2n) is 5.00. The molecular weight excluding hydrogens is 262 g/mol. The van der Waals surface area contributed by atoms with E-state index in [4.69, 9.17) is 10.7 Å². The Kier molecular flexibility index (Phi) is 2.41. The Morgan fingerprint density at radius 2 is 1.76 bits per heavy atom. The van der Waals surface area contributed by atoms with E-state index < -0.39 is 0 Å². The third-order valence-electron chi connectivity index (χ3n) is 3.52. The summed E-state index contributed by atoms with van der Waals surface area (Å²) >= 11 is 0. The fourth-order valence-electron chi connectivity index (χ4n) is 2.48. The molecule has 21 heavy (non-hydrogen) atoms. The summed E-state index contributed by atoms with van der Waals surface area (Å²) in [7, 11) is 0. The molecule has 0 bridgehead atoms. The van der Waals surface area contributed by atoms with Gasteiger partial charge in [-0.15, -0.1) is 0 Å².